The van der Waals surface area contributed by atoms with Crippen LogP contribution >= 0.6 is 0 Å². The van der Waals surface area contributed by atoms with Crippen LogP contribution in [0.25, 0.3) is 0 Å². The largest absolute Gasteiger partial charge is 0.293 e. The van der Waals surface area contributed by atoms with Crippen LogP contribution in [-0.2, 0) is 10.8 Å². The molecule has 0 aliphatic heterocycles. The van der Waals surface area contributed by atoms with E-state index in [2.05, 4.69) is 6.92 Å². The van der Waals surface area contributed by atoms with Crippen LogP contribution in [0.3, 0.4) is 0 Å². The van der Waals surface area contributed by atoms with E-state index in [1.165, 1.54) is 6.42 Å². The summed E-state index contributed by atoms with van der Waals surface area (Å²) in [6.45, 7) is 2.19. The highest BCUT2D eigenvalue weighted by Crippen LogP contribution is 2.27. The van der Waals surface area contributed by atoms with Gasteiger partial charge in [0.25, 0.3) is 0 Å². The third-order valence-corrected chi connectivity index (χ3v) is 5.59. The van der Waals surface area contributed by atoms with Crippen LogP contribution < -0.4 is 0 Å². The predicted molar refractivity (Wildman–Crippen MR) is 79.9 cm³/mol. The van der Waals surface area contributed by atoms with Crippen LogP contribution in [0.5, 0.6) is 0 Å². The Morgan fingerprint density at radius 3 is 2.65 bits per heavy atom. The van der Waals surface area contributed by atoms with Gasteiger partial charge in [0.15, 0.2) is 5.78 Å². The van der Waals surface area contributed by atoms with Gasteiger partial charge in [0.05, 0.1) is 17.4 Å². The number of carbonyl (C=O) groups is 1. The molecule has 106 valence electrons. The van der Waals surface area contributed by atoms with Gasteiger partial charge in [0, 0.05) is 21.6 Å². The van der Waals surface area contributed by atoms with E-state index in [0.29, 0.717) is 17.0 Å². The van der Waals surface area contributed by atoms with Crippen LogP contribution in [0.1, 0.15) is 48.5 Å². The smallest absolute Gasteiger partial charge is 0.175 e. The van der Waals surface area contributed by atoms with Gasteiger partial charge in [0.2, 0.25) is 0 Å². The summed E-state index contributed by atoms with van der Waals surface area (Å²) >= 11 is 0. The van der Waals surface area contributed by atoms with E-state index in [9.17, 15) is 9.00 Å². The van der Waals surface area contributed by atoms with Crippen molar-refractivity contribution >= 4 is 16.6 Å². The van der Waals surface area contributed by atoms with Gasteiger partial charge in [-0.25, -0.2) is 0 Å². The van der Waals surface area contributed by atoms with Crippen molar-refractivity contribution in [3.8, 4) is 6.07 Å². The Labute approximate surface area is 122 Å². The van der Waals surface area contributed by atoms with Crippen molar-refractivity contribution in [2.75, 3.05) is 5.75 Å². The van der Waals surface area contributed by atoms with Crippen molar-refractivity contribution in [1.29, 1.82) is 5.26 Å². The minimum absolute atomic E-state index is 0.0916. The average molecular weight is 289 g/mol. The van der Waals surface area contributed by atoms with E-state index in [1.807, 2.05) is 6.07 Å². The van der Waals surface area contributed by atoms with Crippen LogP contribution in [-0.4, -0.2) is 21.0 Å². The molecule has 3 nitrogen and oxygen atoms in total. The van der Waals surface area contributed by atoms with E-state index < -0.39 is 10.8 Å². The molecule has 20 heavy (non-hydrogen) atoms. The molecule has 2 rings (SSSR count). The molecule has 0 N–H and O–H groups in total. The lowest BCUT2D eigenvalue weighted by Gasteiger charge is -2.25. The van der Waals surface area contributed by atoms with E-state index in [0.717, 1.165) is 19.3 Å². The van der Waals surface area contributed by atoms with Gasteiger partial charge in [-0.2, -0.15) is 5.26 Å². The molecule has 0 spiro atoms. The fourth-order valence-corrected chi connectivity index (χ4v) is 4.31. The normalized spacial score (nSPS) is 23.8. The van der Waals surface area contributed by atoms with E-state index >= 15 is 0 Å². The lowest BCUT2D eigenvalue weighted by atomic mass is 9.91. The minimum Gasteiger partial charge on any atom is -0.293 e. The Balaban J connectivity index is 1.96. The maximum absolute atomic E-state index is 12.3. The molecule has 4 heteroatoms. The first-order chi connectivity index (χ1) is 9.60. The van der Waals surface area contributed by atoms with Gasteiger partial charge < -0.3 is 0 Å². The monoisotopic (exact) mass is 289 g/mol. The first-order valence-corrected chi connectivity index (χ1v) is 8.39. The highest BCUT2D eigenvalue weighted by molar-refractivity contribution is 7.86. The fraction of sp³-hybridized carbons (Fsp3) is 0.500. The Hall–Kier alpha value is -1.47. The molecular formula is C16H19NO2S. The number of ketones is 1. The van der Waals surface area contributed by atoms with Crippen molar-refractivity contribution in [2.45, 2.75) is 37.9 Å². The van der Waals surface area contributed by atoms with Crippen molar-refractivity contribution in [1.82, 2.24) is 0 Å². The molecular weight excluding hydrogens is 270 g/mol. The molecule has 3 atom stereocenters. The molecule has 0 radical (unpaired) electrons. The minimum atomic E-state index is -1.08. The standard InChI is InChI=1S/C16H19NO2S/c1-12-3-2-4-15(9-12)20(19)11-16(18)14-7-5-13(10-17)6-8-14/h5-8,12,15H,2-4,9,11H2,1H3. The number of benzene rings is 1. The first kappa shape index (κ1) is 14.9. The summed E-state index contributed by atoms with van der Waals surface area (Å²) in [7, 11) is -1.08. The highest BCUT2D eigenvalue weighted by atomic mass is 32.2. The molecule has 1 aliphatic carbocycles. The summed E-state index contributed by atoms with van der Waals surface area (Å²) in [5.74, 6) is 0.622. The number of hydrogen-bond acceptors (Lipinski definition) is 3. The number of hydrogen-bond donors (Lipinski definition) is 0. The number of Topliss-reactive ketones (excluding diaryl/α,β-unsaturated/α-hetero) is 1. The topological polar surface area (TPSA) is 57.9 Å². The Bertz CT molecular complexity index is 545. The number of nitrogens with zero attached hydrogens (tertiary/aromatic N) is 1. The van der Waals surface area contributed by atoms with Crippen molar-refractivity contribution in [2.24, 2.45) is 5.92 Å². The Morgan fingerprint density at radius 1 is 1.35 bits per heavy atom. The fourth-order valence-electron chi connectivity index (χ4n) is 2.68. The number of nitriles is 1. The molecule has 1 aliphatic rings. The summed E-state index contributed by atoms with van der Waals surface area (Å²) < 4.78 is 12.3. The van der Waals surface area contributed by atoms with Gasteiger partial charge in [-0.15, -0.1) is 0 Å². The van der Waals surface area contributed by atoms with Crippen LogP contribution in [0.15, 0.2) is 24.3 Å². The van der Waals surface area contributed by atoms with Gasteiger partial charge >= 0.3 is 0 Å². The second kappa shape index (κ2) is 6.81. The molecule has 0 bridgehead atoms. The summed E-state index contributed by atoms with van der Waals surface area (Å²) in [6, 6.07) is 8.55. The lowest BCUT2D eigenvalue weighted by Crippen LogP contribution is -2.27. The van der Waals surface area contributed by atoms with Crippen molar-refractivity contribution < 1.29 is 9.00 Å². The molecule has 0 aromatic heterocycles. The van der Waals surface area contributed by atoms with E-state index in [1.54, 1.807) is 24.3 Å². The summed E-state index contributed by atoms with van der Waals surface area (Å²) in [5, 5.41) is 8.89. The zero-order chi connectivity index (χ0) is 14.5. The molecule has 3 unspecified atom stereocenters. The predicted octanol–water partition coefficient (Wildman–Crippen LogP) is 3.07. The van der Waals surface area contributed by atoms with Gasteiger partial charge in [-0.1, -0.05) is 31.9 Å². The second-order valence-corrected chi connectivity index (χ2v) is 7.25. The molecule has 1 fully saturated rings. The van der Waals surface area contributed by atoms with Crippen molar-refractivity contribution in [3.05, 3.63) is 35.4 Å². The third-order valence-electron chi connectivity index (χ3n) is 3.87. The zero-order valence-electron chi connectivity index (χ0n) is 11.7. The first-order valence-electron chi connectivity index (χ1n) is 7.00. The Kier molecular flexibility index (Phi) is 5.08. The van der Waals surface area contributed by atoms with E-state index in [4.69, 9.17) is 5.26 Å². The molecule has 0 heterocycles. The molecule has 1 aromatic carbocycles. The maximum Gasteiger partial charge on any atom is 0.175 e. The second-order valence-electron chi connectivity index (χ2n) is 5.53. The molecule has 1 saturated carbocycles. The van der Waals surface area contributed by atoms with Crippen LogP contribution in [0.2, 0.25) is 0 Å². The lowest BCUT2D eigenvalue weighted by molar-refractivity contribution is 0.102. The van der Waals surface area contributed by atoms with Gasteiger partial charge in [-0.05, 0) is 30.9 Å². The zero-order valence-corrected chi connectivity index (χ0v) is 12.5. The summed E-state index contributed by atoms with van der Waals surface area (Å²) in [6.07, 6.45) is 4.25. The molecule has 1 aromatic rings. The molecule has 0 saturated heterocycles. The quantitative estimate of drug-likeness (QED) is 0.800. The van der Waals surface area contributed by atoms with Gasteiger partial charge in [-0.3, -0.25) is 9.00 Å². The van der Waals surface area contributed by atoms with E-state index in [-0.39, 0.29) is 16.8 Å². The highest BCUT2D eigenvalue weighted by Gasteiger charge is 2.25. The summed E-state index contributed by atoms with van der Waals surface area (Å²) in [4.78, 5) is 12.1. The Morgan fingerprint density at radius 2 is 2.05 bits per heavy atom. The van der Waals surface area contributed by atoms with Crippen LogP contribution in [0.4, 0.5) is 0 Å². The van der Waals surface area contributed by atoms with Gasteiger partial charge in [0.1, 0.15) is 0 Å². The average Bonchev–Trinajstić information content (AvgIpc) is 2.47. The third kappa shape index (κ3) is 3.77. The van der Waals surface area contributed by atoms with Crippen molar-refractivity contribution in [3.63, 3.8) is 0 Å². The summed E-state index contributed by atoms with van der Waals surface area (Å²) in [5.41, 5.74) is 1.07. The SMILES string of the molecule is CC1CCCC(S(=O)CC(=O)c2ccc(C#N)cc2)C1. The maximum atomic E-state index is 12.3. The number of carbonyl (C=O) groups excluding carboxylic acids is 1. The number of rotatable bonds is 4. The molecule has 0 amide bonds. The van der Waals surface area contributed by atoms with Crippen LogP contribution in [0, 0.1) is 17.2 Å².